The Balaban J connectivity index is 2.53. The van der Waals surface area contributed by atoms with Crippen molar-refractivity contribution in [3.63, 3.8) is 0 Å². The van der Waals surface area contributed by atoms with Gasteiger partial charge in [0.1, 0.15) is 0 Å². The van der Waals surface area contributed by atoms with Gasteiger partial charge in [-0.05, 0) is 25.0 Å². The summed E-state index contributed by atoms with van der Waals surface area (Å²) in [7, 11) is 0. The predicted molar refractivity (Wildman–Crippen MR) is 55.8 cm³/mol. The third-order valence-corrected chi connectivity index (χ3v) is 1.94. The Hall–Kier alpha value is -0.760. The molecule has 0 saturated heterocycles. The van der Waals surface area contributed by atoms with Gasteiger partial charge >= 0.3 is 0 Å². The SMILES string of the molecule is CCCc1cnn(C/C=C(/C)Cl)c1. The van der Waals surface area contributed by atoms with Gasteiger partial charge in [0.25, 0.3) is 0 Å². The van der Waals surface area contributed by atoms with Crippen LogP contribution in [0.25, 0.3) is 0 Å². The minimum absolute atomic E-state index is 0.763. The number of nitrogens with zero attached hydrogens (tertiary/aromatic N) is 2. The van der Waals surface area contributed by atoms with E-state index >= 15 is 0 Å². The average Bonchev–Trinajstić information content (AvgIpc) is 2.50. The molecule has 0 aromatic carbocycles. The summed E-state index contributed by atoms with van der Waals surface area (Å²) < 4.78 is 1.90. The van der Waals surface area contributed by atoms with E-state index in [0.717, 1.165) is 24.4 Å². The molecule has 1 aromatic rings. The second kappa shape index (κ2) is 5.07. The first-order valence-electron chi connectivity index (χ1n) is 4.56. The first kappa shape index (κ1) is 10.3. The fourth-order valence-electron chi connectivity index (χ4n) is 1.14. The lowest BCUT2D eigenvalue weighted by Crippen LogP contribution is -1.94. The zero-order valence-corrected chi connectivity index (χ0v) is 8.88. The Morgan fingerprint density at radius 3 is 3.08 bits per heavy atom. The van der Waals surface area contributed by atoms with E-state index < -0.39 is 0 Å². The van der Waals surface area contributed by atoms with Crippen molar-refractivity contribution in [1.82, 2.24) is 9.78 Å². The molecule has 72 valence electrons. The van der Waals surface area contributed by atoms with Crippen LogP contribution in [0.1, 0.15) is 25.8 Å². The van der Waals surface area contributed by atoms with Crippen molar-refractivity contribution in [1.29, 1.82) is 0 Å². The number of aromatic nitrogens is 2. The highest BCUT2D eigenvalue weighted by molar-refractivity contribution is 6.29. The maximum absolute atomic E-state index is 5.72. The molecular weight excluding hydrogens is 184 g/mol. The molecule has 0 aliphatic heterocycles. The van der Waals surface area contributed by atoms with E-state index in [9.17, 15) is 0 Å². The fraction of sp³-hybridized carbons (Fsp3) is 0.500. The molecule has 0 saturated carbocycles. The third kappa shape index (κ3) is 3.64. The van der Waals surface area contributed by atoms with Gasteiger partial charge in [0.2, 0.25) is 0 Å². The molecule has 1 rings (SSSR count). The van der Waals surface area contributed by atoms with Crippen LogP contribution in [0, 0.1) is 0 Å². The van der Waals surface area contributed by atoms with Gasteiger partial charge in [-0.25, -0.2) is 0 Å². The van der Waals surface area contributed by atoms with Gasteiger partial charge in [-0.2, -0.15) is 5.10 Å². The van der Waals surface area contributed by atoms with Crippen molar-refractivity contribution in [3.05, 3.63) is 29.1 Å². The molecule has 2 nitrogen and oxygen atoms in total. The zero-order chi connectivity index (χ0) is 9.68. The molecule has 3 heteroatoms. The standard InChI is InChI=1S/C10H15ClN2/c1-3-4-10-7-12-13(8-10)6-5-9(2)11/h5,7-8H,3-4,6H2,1-2H3/b9-5-. The maximum atomic E-state index is 5.72. The Morgan fingerprint density at radius 2 is 2.46 bits per heavy atom. The van der Waals surface area contributed by atoms with E-state index in [1.807, 2.05) is 23.9 Å². The van der Waals surface area contributed by atoms with Crippen molar-refractivity contribution in [2.75, 3.05) is 0 Å². The van der Waals surface area contributed by atoms with Crippen LogP contribution in [0.2, 0.25) is 0 Å². The van der Waals surface area contributed by atoms with E-state index in [4.69, 9.17) is 11.6 Å². The highest BCUT2D eigenvalue weighted by Gasteiger charge is 1.95. The largest absolute Gasteiger partial charge is 0.269 e. The number of hydrogen-bond acceptors (Lipinski definition) is 1. The Bertz CT molecular complexity index is 285. The zero-order valence-electron chi connectivity index (χ0n) is 8.13. The highest BCUT2D eigenvalue weighted by atomic mass is 35.5. The number of rotatable bonds is 4. The number of hydrogen-bond donors (Lipinski definition) is 0. The van der Waals surface area contributed by atoms with E-state index in [2.05, 4.69) is 18.2 Å². The van der Waals surface area contributed by atoms with E-state index in [-0.39, 0.29) is 0 Å². The Morgan fingerprint density at radius 1 is 1.69 bits per heavy atom. The van der Waals surface area contributed by atoms with Crippen molar-refractivity contribution in [2.24, 2.45) is 0 Å². The summed E-state index contributed by atoms with van der Waals surface area (Å²) in [5, 5.41) is 5.03. The topological polar surface area (TPSA) is 17.8 Å². The summed E-state index contributed by atoms with van der Waals surface area (Å²) in [6.07, 6.45) is 8.20. The summed E-state index contributed by atoms with van der Waals surface area (Å²) >= 11 is 5.72. The van der Waals surface area contributed by atoms with Crippen molar-refractivity contribution in [2.45, 2.75) is 33.2 Å². The number of halogens is 1. The smallest absolute Gasteiger partial charge is 0.0604 e. The lowest BCUT2D eigenvalue weighted by atomic mass is 10.2. The maximum Gasteiger partial charge on any atom is 0.0604 e. The minimum atomic E-state index is 0.763. The first-order chi connectivity index (χ1) is 6.22. The number of allylic oxidation sites excluding steroid dienone is 2. The lowest BCUT2D eigenvalue weighted by Gasteiger charge is -1.94. The van der Waals surface area contributed by atoms with Crippen molar-refractivity contribution < 1.29 is 0 Å². The molecule has 13 heavy (non-hydrogen) atoms. The summed E-state index contributed by atoms with van der Waals surface area (Å²) in [5.74, 6) is 0. The van der Waals surface area contributed by atoms with Crippen LogP contribution in [0.15, 0.2) is 23.5 Å². The molecule has 0 fully saturated rings. The molecule has 0 amide bonds. The van der Waals surface area contributed by atoms with Gasteiger partial charge in [-0.15, -0.1) is 0 Å². The van der Waals surface area contributed by atoms with Crippen molar-refractivity contribution in [3.8, 4) is 0 Å². The van der Waals surface area contributed by atoms with Crippen LogP contribution in [-0.2, 0) is 13.0 Å². The van der Waals surface area contributed by atoms with Gasteiger partial charge in [0, 0.05) is 11.2 Å². The monoisotopic (exact) mass is 198 g/mol. The van der Waals surface area contributed by atoms with Crippen molar-refractivity contribution >= 4 is 11.6 Å². The predicted octanol–water partition coefficient (Wildman–Crippen LogP) is 2.98. The summed E-state index contributed by atoms with van der Waals surface area (Å²) in [4.78, 5) is 0. The molecule has 0 unspecified atom stereocenters. The molecule has 1 heterocycles. The van der Waals surface area contributed by atoms with E-state index in [1.165, 1.54) is 5.56 Å². The van der Waals surface area contributed by atoms with Gasteiger partial charge in [0.15, 0.2) is 0 Å². The van der Waals surface area contributed by atoms with Gasteiger partial charge in [-0.1, -0.05) is 24.9 Å². The summed E-state index contributed by atoms with van der Waals surface area (Å²) in [6, 6.07) is 0. The number of aryl methyl sites for hydroxylation is 1. The average molecular weight is 199 g/mol. The Kier molecular flexibility index (Phi) is 4.03. The summed E-state index contributed by atoms with van der Waals surface area (Å²) in [6.45, 7) is 4.80. The second-order valence-electron chi connectivity index (χ2n) is 3.11. The molecule has 0 radical (unpaired) electrons. The van der Waals surface area contributed by atoms with Crippen LogP contribution in [0.4, 0.5) is 0 Å². The highest BCUT2D eigenvalue weighted by Crippen LogP contribution is 2.03. The molecule has 1 aromatic heterocycles. The Labute approximate surface area is 84.2 Å². The van der Waals surface area contributed by atoms with E-state index in [1.54, 1.807) is 0 Å². The van der Waals surface area contributed by atoms with Crippen LogP contribution in [0.5, 0.6) is 0 Å². The first-order valence-corrected chi connectivity index (χ1v) is 4.93. The van der Waals surface area contributed by atoms with Gasteiger partial charge < -0.3 is 0 Å². The van der Waals surface area contributed by atoms with Crippen LogP contribution in [-0.4, -0.2) is 9.78 Å². The normalized spacial score (nSPS) is 12.1. The molecule has 0 spiro atoms. The van der Waals surface area contributed by atoms with Gasteiger partial charge in [-0.3, -0.25) is 4.68 Å². The molecule has 0 N–H and O–H groups in total. The third-order valence-electron chi connectivity index (χ3n) is 1.79. The molecular formula is C10H15ClN2. The lowest BCUT2D eigenvalue weighted by molar-refractivity contribution is 0.699. The van der Waals surface area contributed by atoms with Crippen LogP contribution in [0.3, 0.4) is 0 Å². The van der Waals surface area contributed by atoms with Crippen LogP contribution < -0.4 is 0 Å². The van der Waals surface area contributed by atoms with E-state index in [0.29, 0.717) is 0 Å². The molecule has 0 aliphatic rings. The minimum Gasteiger partial charge on any atom is -0.269 e. The molecule has 0 aliphatic carbocycles. The molecule has 0 atom stereocenters. The fourth-order valence-corrected chi connectivity index (χ4v) is 1.21. The second-order valence-corrected chi connectivity index (χ2v) is 3.71. The van der Waals surface area contributed by atoms with Crippen LogP contribution >= 0.6 is 11.6 Å². The summed E-state index contributed by atoms with van der Waals surface area (Å²) in [5.41, 5.74) is 1.29. The van der Waals surface area contributed by atoms with Gasteiger partial charge in [0.05, 0.1) is 12.7 Å². The molecule has 0 bridgehead atoms. The quantitative estimate of drug-likeness (QED) is 0.728.